The van der Waals surface area contributed by atoms with Gasteiger partial charge in [-0.1, -0.05) is 20.8 Å². The van der Waals surface area contributed by atoms with Crippen LogP contribution in [0.4, 0.5) is 0 Å². The van der Waals surface area contributed by atoms with Crippen LogP contribution in [0, 0.1) is 5.41 Å². The fourth-order valence-corrected chi connectivity index (χ4v) is 0.842. The van der Waals surface area contributed by atoms with Crippen molar-refractivity contribution in [3.63, 3.8) is 0 Å². The molecule has 0 saturated carbocycles. The van der Waals surface area contributed by atoms with Crippen LogP contribution in [0.2, 0.25) is 0 Å². The van der Waals surface area contributed by atoms with Gasteiger partial charge in [0.2, 0.25) is 12.2 Å². The van der Waals surface area contributed by atoms with E-state index < -0.39 is 6.17 Å². The van der Waals surface area contributed by atoms with Gasteiger partial charge in [-0.2, -0.15) is 9.98 Å². The predicted octanol–water partition coefficient (Wildman–Crippen LogP) is 1.81. The molecule has 0 unspecified atom stereocenters. The first-order valence-corrected chi connectivity index (χ1v) is 4.13. The zero-order valence-corrected chi connectivity index (χ0v) is 8.20. The second kappa shape index (κ2) is 5.41. The predicted molar refractivity (Wildman–Crippen MR) is 48.7 cm³/mol. The fraction of sp³-hybridized carbons (Fsp3) is 0.778. The molecule has 0 N–H and O–H groups in total. The molecule has 0 spiro atoms. The number of rotatable bonds is 4. The van der Waals surface area contributed by atoms with Gasteiger partial charge in [-0.05, 0) is 18.3 Å². The van der Waals surface area contributed by atoms with Crippen molar-refractivity contribution >= 4 is 12.2 Å². The molecule has 13 heavy (non-hydrogen) atoms. The Morgan fingerprint density at radius 2 is 1.62 bits per heavy atom. The lowest BCUT2D eigenvalue weighted by Crippen LogP contribution is -2.09. The molecule has 4 nitrogen and oxygen atoms in total. The number of aliphatic imine (C=N–C) groups is 2. The van der Waals surface area contributed by atoms with Crippen molar-refractivity contribution in [1.82, 2.24) is 0 Å². The molecule has 0 saturated heterocycles. The van der Waals surface area contributed by atoms with E-state index in [0.717, 1.165) is 6.42 Å². The summed E-state index contributed by atoms with van der Waals surface area (Å²) in [5.41, 5.74) is 0.148. The van der Waals surface area contributed by atoms with Gasteiger partial charge in [0.1, 0.15) is 0 Å². The van der Waals surface area contributed by atoms with Crippen LogP contribution in [0.25, 0.3) is 0 Å². The van der Waals surface area contributed by atoms with Gasteiger partial charge in [-0.3, -0.25) is 0 Å². The summed E-state index contributed by atoms with van der Waals surface area (Å²) in [5.74, 6) is 0. The van der Waals surface area contributed by atoms with Crippen LogP contribution < -0.4 is 0 Å². The van der Waals surface area contributed by atoms with Crippen molar-refractivity contribution < 1.29 is 9.59 Å². The summed E-state index contributed by atoms with van der Waals surface area (Å²) in [6, 6.07) is 0. The van der Waals surface area contributed by atoms with Crippen LogP contribution in [0.15, 0.2) is 9.98 Å². The Morgan fingerprint density at radius 1 is 1.15 bits per heavy atom. The van der Waals surface area contributed by atoms with E-state index in [2.05, 4.69) is 30.8 Å². The molecule has 0 heterocycles. The third kappa shape index (κ3) is 7.13. The van der Waals surface area contributed by atoms with E-state index in [9.17, 15) is 9.59 Å². The minimum Gasteiger partial charge on any atom is -0.211 e. The zero-order valence-electron chi connectivity index (χ0n) is 8.20. The molecule has 0 rings (SSSR count). The lowest BCUT2D eigenvalue weighted by atomic mass is 9.90. The molecule has 0 aliphatic heterocycles. The van der Waals surface area contributed by atoms with Gasteiger partial charge in [-0.25, -0.2) is 9.59 Å². The average molecular weight is 182 g/mol. The molecule has 0 amide bonds. The highest BCUT2D eigenvalue weighted by Crippen LogP contribution is 2.22. The first-order valence-electron chi connectivity index (χ1n) is 4.13. The van der Waals surface area contributed by atoms with Crippen LogP contribution >= 0.6 is 0 Å². The van der Waals surface area contributed by atoms with Gasteiger partial charge >= 0.3 is 0 Å². The van der Waals surface area contributed by atoms with Gasteiger partial charge < -0.3 is 0 Å². The molecule has 0 aromatic heterocycles. The Kier molecular flexibility index (Phi) is 4.90. The van der Waals surface area contributed by atoms with Crippen LogP contribution in [0.3, 0.4) is 0 Å². The van der Waals surface area contributed by atoms with Crippen molar-refractivity contribution in [3.8, 4) is 0 Å². The van der Waals surface area contributed by atoms with Crippen LogP contribution in [0.5, 0.6) is 0 Å². The van der Waals surface area contributed by atoms with Gasteiger partial charge in [0.05, 0.1) is 0 Å². The number of carbonyl (C=O) groups excluding carboxylic acids is 2. The molecule has 0 aromatic carbocycles. The summed E-state index contributed by atoms with van der Waals surface area (Å²) >= 11 is 0. The maximum Gasteiger partial charge on any atom is 0.237 e. The van der Waals surface area contributed by atoms with Crippen LogP contribution in [-0.4, -0.2) is 18.3 Å². The largest absolute Gasteiger partial charge is 0.237 e. The quantitative estimate of drug-likeness (QED) is 0.491. The lowest BCUT2D eigenvalue weighted by molar-refractivity contribution is 0.350. The van der Waals surface area contributed by atoms with Gasteiger partial charge in [-0.15, -0.1) is 0 Å². The second-order valence-corrected chi connectivity index (χ2v) is 4.02. The first kappa shape index (κ1) is 11.8. The minimum atomic E-state index is -0.603. The molecule has 0 radical (unpaired) electrons. The average Bonchev–Trinajstić information content (AvgIpc) is 2.00. The van der Waals surface area contributed by atoms with E-state index in [1.807, 2.05) is 0 Å². The van der Waals surface area contributed by atoms with E-state index in [0.29, 0.717) is 6.42 Å². The summed E-state index contributed by atoms with van der Waals surface area (Å²) in [6.45, 7) is 6.21. The molecule has 0 aromatic rings. The molecule has 0 bridgehead atoms. The summed E-state index contributed by atoms with van der Waals surface area (Å²) < 4.78 is 0. The van der Waals surface area contributed by atoms with Crippen molar-refractivity contribution in [2.45, 2.75) is 39.8 Å². The zero-order chi connectivity index (χ0) is 10.3. The third-order valence-electron chi connectivity index (χ3n) is 1.56. The van der Waals surface area contributed by atoms with Crippen LogP contribution in [0.1, 0.15) is 33.6 Å². The Labute approximate surface area is 77.8 Å². The number of hydrogen-bond acceptors (Lipinski definition) is 4. The van der Waals surface area contributed by atoms with Gasteiger partial charge in [0.25, 0.3) is 0 Å². The van der Waals surface area contributed by atoms with Gasteiger partial charge in [0.15, 0.2) is 6.17 Å². The van der Waals surface area contributed by atoms with E-state index in [-0.39, 0.29) is 5.41 Å². The molecular weight excluding hydrogens is 168 g/mol. The summed E-state index contributed by atoms with van der Waals surface area (Å²) in [6.07, 6.45) is 3.60. The molecule has 0 fully saturated rings. The maximum absolute atomic E-state index is 9.93. The Hall–Kier alpha value is -1.24. The normalized spacial score (nSPS) is 12.5. The SMILES string of the molecule is CC(C)(C)CCC(N=C=O)N=C=O. The van der Waals surface area contributed by atoms with Crippen LogP contribution in [-0.2, 0) is 9.59 Å². The minimum absolute atomic E-state index is 0.148. The van der Waals surface area contributed by atoms with E-state index in [1.165, 1.54) is 12.2 Å². The Balaban J connectivity index is 4.12. The first-order chi connectivity index (χ1) is 5.99. The van der Waals surface area contributed by atoms with Crippen molar-refractivity contribution in [3.05, 3.63) is 0 Å². The Morgan fingerprint density at radius 3 is 1.92 bits per heavy atom. The molecular formula is C9H14N2O2. The molecule has 0 aliphatic carbocycles. The fourth-order valence-electron chi connectivity index (χ4n) is 0.842. The van der Waals surface area contributed by atoms with Crippen molar-refractivity contribution in [2.24, 2.45) is 15.4 Å². The molecule has 0 atom stereocenters. The molecule has 4 heteroatoms. The second-order valence-electron chi connectivity index (χ2n) is 4.02. The topological polar surface area (TPSA) is 58.9 Å². The summed E-state index contributed by atoms with van der Waals surface area (Å²) in [4.78, 5) is 26.6. The number of isocyanates is 2. The molecule has 72 valence electrons. The summed E-state index contributed by atoms with van der Waals surface area (Å²) in [5, 5.41) is 0. The Bertz CT molecular complexity index is 225. The number of nitrogens with zero attached hydrogens (tertiary/aromatic N) is 2. The van der Waals surface area contributed by atoms with E-state index in [1.54, 1.807) is 0 Å². The lowest BCUT2D eigenvalue weighted by Gasteiger charge is -2.18. The van der Waals surface area contributed by atoms with Crippen molar-refractivity contribution in [2.75, 3.05) is 0 Å². The molecule has 0 aliphatic rings. The monoisotopic (exact) mass is 182 g/mol. The van der Waals surface area contributed by atoms with E-state index >= 15 is 0 Å². The van der Waals surface area contributed by atoms with E-state index in [4.69, 9.17) is 0 Å². The highest BCUT2D eigenvalue weighted by molar-refractivity contribution is 5.36. The highest BCUT2D eigenvalue weighted by Gasteiger charge is 2.13. The number of hydrogen-bond donors (Lipinski definition) is 0. The third-order valence-corrected chi connectivity index (χ3v) is 1.56. The highest BCUT2D eigenvalue weighted by atomic mass is 16.1. The smallest absolute Gasteiger partial charge is 0.211 e. The van der Waals surface area contributed by atoms with Gasteiger partial charge in [0, 0.05) is 0 Å². The maximum atomic E-state index is 9.93. The standard InChI is InChI=1S/C9H14N2O2/c1-9(2,3)5-4-8(10-6-12)11-7-13/h8H,4-5H2,1-3H3. The van der Waals surface area contributed by atoms with Crippen molar-refractivity contribution in [1.29, 1.82) is 0 Å². The summed E-state index contributed by atoms with van der Waals surface area (Å²) in [7, 11) is 0.